The Morgan fingerprint density at radius 3 is 2.10 bits per heavy atom. The maximum Gasteiger partial charge on any atom is 0.235 e. The topological polar surface area (TPSA) is 61.4 Å². The van der Waals surface area contributed by atoms with Gasteiger partial charge in [0.05, 0.1) is 0 Å². The fraction of sp³-hybridized carbons (Fsp3) is 0.467. The van der Waals surface area contributed by atoms with Gasteiger partial charge in [-0.1, -0.05) is 12.1 Å². The molecule has 0 saturated carbocycles. The molecule has 0 unspecified atom stereocenters. The minimum absolute atomic E-state index is 0.0429. The van der Waals surface area contributed by atoms with Crippen molar-refractivity contribution in [1.29, 1.82) is 0 Å². The zero-order valence-corrected chi connectivity index (χ0v) is 11.9. The molecule has 1 atom stereocenters. The molecule has 2 amide bonds. The highest BCUT2D eigenvalue weighted by molar-refractivity contribution is 6.05. The lowest BCUT2D eigenvalue weighted by molar-refractivity contribution is -0.149. The van der Waals surface area contributed by atoms with E-state index in [2.05, 4.69) is 10.6 Å². The number of nitrogens with zero attached hydrogens (tertiary/aromatic N) is 1. The van der Waals surface area contributed by atoms with Gasteiger partial charge in [0.2, 0.25) is 11.8 Å². The lowest BCUT2D eigenvalue weighted by Gasteiger charge is -2.48. The summed E-state index contributed by atoms with van der Waals surface area (Å²) < 4.78 is 0. The first-order chi connectivity index (χ1) is 9.39. The first-order valence-electron chi connectivity index (χ1n) is 6.81. The number of hydrogen-bond donors (Lipinski definition) is 2. The van der Waals surface area contributed by atoms with Gasteiger partial charge in [0.15, 0.2) is 0 Å². The van der Waals surface area contributed by atoms with Crippen molar-refractivity contribution in [2.45, 2.75) is 24.9 Å². The molecule has 0 spiro atoms. The fourth-order valence-electron chi connectivity index (χ4n) is 3.20. The van der Waals surface area contributed by atoms with Crippen LogP contribution in [0.1, 0.15) is 24.8 Å². The van der Waals surface area contributed by atoms with Crippen molar-refractivity contribution >= 4 is 17.5 Å². The molecule has 0 aromatic heterocycles. The number of amides is 2. The third-order valence-electron chi connectivity index (χ3n) is 4.23. The lowest BCUT2D eigenvalue weighted by atomic mass is 9.72. The van der Waals surface area contributed by atoms with Crippen molar-refractivity contribution in [3.05, 3.63) is 29.8 Å². The smallest absolute Gasteiger partial charge is 0.235 e. The van der Waals surface area contributed by atoms with E-state index in [-0.39, 0.29) is 17.7 Å². The predicted molar refractivity (Wildman–Crippen MR) is 76.3 cm³/mol. The van der Waals surface area contributed by atoms with Gasteiger partial charge in [-0.05, 0) is 31.0 Å². The van der Waals surface area contributed by atoms with Crippen LogP contribution in [0.15, 0.2) is 24.3 Å². The van der Waals surface area contributed by atoms with E-state index in [1.54, 1.807) is 0 Å². The van der Waals surface area contributed by atoms with E-state index in [9.17, 15) is 9.59 Å². The van der Waals surface area contributed by atoms with Crippen LogP contribution in [0.5, 0.6) is 0 Å². The third kappa shape index (κ3) is 1.94. The summed E-state index contributed by atoms with van der Waals surface area (Å²) in [4.78, 5) is 26.1. The number of benzene rings is 1. The summed E-state index contributed by atoms with van der Waals surface area (Å²) in [6.45, 7) is 1.86. The fourth-order valence-corrected chi connectivity index (χ4v) is 3.20. The van der Waals surface area contributed by atoms with Crippen molar-refractivity contribution in [2.75, 3.05) is 19.0 Å². The van der Waals surface area contributed by atoms with Crippen LogP contribution in [0.3, 0.4) is 0 Å². The average molecular weight is 273 g/mol. The van der Waals surface area contributed by atoms with Gasteiger partial charge in [-0.3, -0.25) is 9.59 Å². The number of fused-ring (bicyclic) bond motifs is 3. The van der Waals surface area contributed by atoms with Crippen molar-refractivity contribution in [2.24, 2.45) is 5.92 Å². The van der Waals surface area contributed by atoms with E-state index < -0.39 is 11.6 Å². The molecule has 4 rings (SSSR count). The molecule has 5 heteroatoms. The molecule has 0 radical (unpaired) electrons. The first-order valence-corrected chi connectivity index (χ1v) is 6.81. The molecule has 3 saturated heterocycles. The Morgan fingerprint density at radius 2 is 1.65 bits per heavy atom. The summed E-state index contributed by atoms with van der Waals surface area (Å²) >= 11 is 0. The quantitative estimate of drug-likeness (QED) is 0.784. The number of rotatable bonds is 2. The van der Waals surface area contributed by atoms with Crippen LogP contribution in [0.2, 0.25) is 0 Å². The average Bonchev–Trinajstić information content (AvgIpc) is 2.36. The van der Waals surface area contributed by atoms with E-state index in [0.717, 1.165) is 17.7 Å². The molecular formula is C15H19N3O2. The summed E-state index contributed by atoms with van der Waals surface area (Å²) in [7, 11) is 3.97. The van der Waals surface area contributed by atoms with Gasteiger partial charge in [0, 0.05) is 25.7 Å². The predicted octanol–water partition coefficient (Wildman–Crippen LogP) is 0.818. The Bertz CT molecular complexity index is 547. The summed E-state index contributed by atoms with van der Waals surface area (Å²) in [5.41, 5.74) is 1.54. The minimum Gasteiger partial charge on any atom is -0.378 e. The number of nitrogens with one attached hydrogen (secondary N) is 2. The van der Waals surface area contributed by atoms with Crippen LogP contribution in [0.25, 0.3) is 0 Å². The molecule has 5 nitrogen and oxygen atoms in total. The Hall–Kier alpha value is -2.04. The van der Waals surface area contributed by atoms with Gasteiger partial charge in [-0.15, -0.1) is 0 Å². The van der Waals surface area contributed by atoms with Crippen LogP contribution >= 0.6 is 0 Å². The van der Waals surface area contributed by atoms with Crippen LogP contribution in [-0.2, 0) is 9.59 Å². The molecule has 3 fully saturated rings. The van der Waals surface area contributed by atoms with Crippen LogP contribution in [-0.4, -0.2) is 31.6 Å². The van der Waals surface area contributed by atoms with Gasteiger partial charge in [-0.2, -0.15) is 0 Å². The summed E-state index contributed by atoms with van der Waals surface area (Å²) in [5, 5.41) is 5.75. The molecule has 3 aliphatic heterocycles. The highest BCUT2D eigenvalue weighted by Gasteiger charge is 2.52. The molecule has 3 aliphatic rings. The maximum absolute atomic E-state index is 12.1. The number of piperidine rings is 2. The monoisotopic (exact) mass is 273 g/mol. The van der Waals surface area contributed by atoms with Gasteiger partial charge in [0.1, 0.15) is 11.6 Å². The summed E-state index contributed by atoms with van der Waals surface area (Å²) in [6, 6.07) is 8.08. The van der Waals surface area contributed by atoms with Crippen LogP contribution in [0, 0.1) is 5.92 Å². The van der Waals surface area contributed by atoms with Crippen LogP contribution in [0.4, 0.5) is 5.69 Å². The number of hydrogen-bond acceptors (Lipinski definition) is 3. The standard InChI is InChI=1S/C15H19N3O2/c1-15-8-11(12(13(19)16-15)14(20)17-15)9-4-6-10(7-5-9)18(2)3/h4-7,11-12H,8H2,1-3H3,(H,16,19)(H,17,20)/t11-,12?,15?/m0/s1. The highest BCUT2D eigenvalue weighted by atomic mass is 16.2. The Labute approximate surface area is 118 Å². The number of anilines is 1. The molecule has 106 valence electrons. The Morgan fingerprint density at radius 1 is 1.10 bits per heavy atom. The maximum atomic E-state index is 12.1. The van der Waals surface area contributed by atoms with E-state index in [4.69, 9.17) is 0 Å². The van der Waals surface area contributed by atoms with Crippen molar-refractivity contribution in [3.63, 3.8) is 0 Å². The third-order valence-corrected chi connectivity index (χ3v) is 4.23. The molecule has 1 aromatic rings. The summed E-state index contributed by atoms with van der Waals surface area (Å²) in [6.07, 6.45) is 0.733. The highest BCUT2D eigenvalue weighted by Crippen LogP contribution is 2.40. The zero-order valence-electron chi connectivity index (χ0n) is 11.9. The molecule has 2 N–H and O–H groups in total. The molecule has 20 heavy (non-hydrogen) atoms. The number of carbonyl (C=O) groups is 2. The van der Waals surface area contributed by atoms with Gasteiger partial charge in [-0.25, -0.2) is 0 Å². The Kier molecular flexibility index (Phi) is 2.74. The van der Waals surface area contributed by atoms with Gasteiger partial charge >= 0.3 is 0 Å². The zero-order chi connectivity index (χ0) is 14.5. The Balaban J connectivity index is 1.94. The van der Waals surface area contributed by atoms with Gasteiger partial charge in [0.25, 0.3) is 0 Å². The van der Waals surface area contributed by atoms with Gasteiger partial charge < -0.3 is 15.5 Å². The first kappa shape index (κ1) is 13.0. The van der Waals surface area contributed by atoms with Crippen molar-refractivity contribution in [3.8, 4) is 0 Å². The molecule has 1 aromatic carbocycles. The minimum atomic E-state index is -0.617. The largest absolute Gasteiger partial charge is 0.378 e. The molecule has 2 bridgehead atoms. The second kappa shape index (κ2) is 4.23. The SMILES string of the molecule is CN(C)c1ccc([C@@H]2CC3(C)NC(=O)C2C(=O)N3)cc1. The lowest BCUT2D eigenvalue weighted by Crippen LogP contribution is -2.72. The van der Waals surface area contributed by atoms with Crippen molar-refractivity contribution in [1.82, 2.24) is 10.6 Å². The van der Waals surface area contributed by atoms with E-state index >= 15 is 0 Å². The second-order valence-electron chi connectivity index (χ2n) is 6.08. The second-order valence-corrected chi connectivity index (χ2v) is 6.08. The number of carbonyl (C=O) groups excluding carboxylic acids is 2. The normalized spacial score (nSPS) is 31.8. The van der Waals surface area contributed by atoms with E-state index in [1.807, 2.05) is 50.2 Å². The molecule has 3 heterocycles. The molecular weight excluding hydrogens is 254 g/mol. The van der Waals surface area contributed by atoms with Crippen LogP contribution < -0.4 is 15.5 Å². The molecule has 0 aliphatic carbocycles. The van der Waals surface area contributed by atoms with E-state index in [1.165, 1.54) is 0 Å². The van der Waals surface area contributed by atoms with Crippen molar-refractivity contribution < 1.29 is 9.59 Å². The summed E-state index contributed by atoms with van der Waals surface area (Å²) in [5.74, 6) is -0.978. The van der Waals surface area contributed by atoms with E-state index in [0.29, 0.717) is 0 Å².